The average Bonchev–Trinajstić information content (AvgIpc) is 3.30. The summed E-state index contributed by atoms with van der Waals surface area (Å²) in [6.07, 6.45) is 0.0684. The summed E-state index contributed by atoms with van der Waals surface area (Å²) >= 11 is 1.53. The van der Waals surface area contributed by atoms with Crippen LogP contribution < -0.4 is 5.32 Å². The second kappa shape index (κ2) is 7.58. The lowest BCUT2D eigenvalue weighted by molar-refractivity contribution is 0.0907. The number of rotatable bonds is 7. The fourth-order valence-electron chi connectivity index (χ4n) is 2.08. The number of carbonyl (C=O) groups excluding carboxylic acids is 1. The molecule has 9 heteroatoms. The SMILES string of the molecule is O=C(NCc1cccs1)c1nc(CCS(=O)(=O)c2ccccc2)no1. The number of aryl methyl sites for hydroxylation is 1. The van der Waals surface area contributed by atoms with Crippen molar-refractivity contribution in [2.24, 2.45) is 0 Å². The first-order chi connectivity index (χ1) is 12.0. The Morgan fingerprint density at radius 2 is 1.96 bits per heavy atom. The molecule has 0 radical (unpaired) electrons. The van der Waals surface area contributed by atoms with Crippen LogP contribution in [0.5, 0.6) is 0 Å². The number of sulfone groups is 1. The predicted molar refractivity (Wildman–Crippen MR) is 92.0 cm³/mol. The molecule has 7 nitrogen and oxygen atoms in total. The zero-order valence-corrected chi connectivity index (χ0v) is 14.7. The minimum absolute atomic E-state index is 0.0684. The van der Waals surface area contributed by atoms with Crippen molar-refractivity contribution in [1.82, 2.24) is 15.5 Å². The molecule has 2 heterocycles. The van der Waals surface area contributed by atoms with Crippen LogP contribution in [0.4, 0.5) is 0 Å². The van der Waals surface area contributed by atoms with Gasteiger partial charge in [0.25, 0.3) is 0 Å². The third kappa shape index (κ3) is 4.52. The summed E-state index contributed by atoms with van der Waals surface area (Å²) in [7, 11) is -3.43. The summed E-state index contributed by atoms with van der Waals surface area (Å²) < 4.78 is 29.3. The molecule has 1 amide bonds. The molecule has 0 spiro atoms. The Labute approximate surface area is 148 Å². The smallest absolute Gasteiger partial charge is 0.315 e. The van der Waals surface area contributed by atoms with E-state index < -0.39 is 15.7 Å². The van der Waals surface area contributed by atoms with E-state index in [-0.39, 0.29) is 28.8 Å². The van der Waals surface area contributed by atoms with Crippen LogP contribution in [0.1, 0.15) is 21.4 Å². The van der Waals surface area contributed by atoms with Crippen molar-refractivity contribution >= 4 is 27.1 Å². The third-order valence-corrected chi connectivity index (χ3v) is 5.97. The number of nitrogens with zero attached hydrogens (tertiary/aromatic N) is 2. The highest BCUT2D eigenvalue weighted by atomic mass is 32.2. The van der Waals surface area contributed by atoms with Crippen LogP contribution in [0.3, 0.4) is 0 Å². The molecule has 1 aromatic carbocycles. The minimum atomic E-state index is -3.43. The van der Waals surface area contributed by atoms with Gasteiger partial charge in [-0.25, -0.2) is 8.42 Å². The molecule has 0 aliphatic carbocycles. The molecule has 0 unspecified atom stereocenters. The summed E-state index contributed by atoms with van der Waals surface area (Å²) in [6.45, 7) is 0.372. The molecular formula is C16H15N3O4S2. The predicted octanol–water partition coefficient (Wildman–Crippen LogP) is 2.08. The topological polar surface area (TPSA) is 102 Å². The van der Waals surface area contributed by atoms with E-state index >= 15 is 0 Å². The van der Waals surface area contributed by atoms with Gasteiger partial charge in [-0.3, -0.25) is 4.79 Å². The van der Waals surface area contributed by atoms with E-state index in [1.165, 1.54) is 23.5 Å². The van der Waals surface area contributed by atoms with Gasteiger partial charge in [-0.05, 0) is 23.6 Å². The lowest BCUT2D eigenvalue weighted by Crippen LogP contribution is -2.22. The first-order valence-electron chi connectivity index (χ1n) is 7.45. The summed E-state index contributed by atoms with van der Waals surface area (Å²) in [4.78, 5) is 17.2. The van der Waals surface area contributed by atoms with Gasteiger partial charge in [-0.15, -0.1) is 11.3 Å². The molecule has 3 rings (SSSR count). The fraction of sp³-hybridized carbons (Fsp3) is 0.188. The van der Waals surface area contributed by atoms with Crippen molar-refractivity contribution in [3.63, 3.8) is 0 Å². The minimum Gasteiger partial charge on any atom is -0.343 e. The maximum absolute atomic E-state index is 12.2. The van der Waals surface area contributed by atoms with Gasteiger partial charge in [0.1, 0.15) is 0 Å². The van der Waals surface area contributed by atoms with Crippen LogP contribution in [-0.4, -0.2) is 30.2 Å². The normalized spacial score (nSPS) is 11.4. The lowest BCUT2D eigenvalue weighted by atomic mass is 10.4. The van der Waals surface area contributed by atoms with Crippen LogP contribution in [0.2, 0.25) is 0 Å². The van der Waals surface area contributed by atoms with Gasteiger partial charge in [0.2, 0.25) is 0 Å². The highest BCUT2D eigenvalue weighted by molar-refractivity contribution is 7.91. The van der Waals surface area contributed by atoms with E-state index in [0.29, 0.717) is 6.54 Å². The van der Waals surface area contributed by atoms with Crippen molar-refractivity contribution in [1.29, 1.82) is 0 Å². The van der Waals surface area contributed by atoms with Gasteiger partial charge in [-0.1, -0.05) is 29.4 Å². The number of hydrogen-bond acceptors (Lipinski definition) is 7. The number of hydrogen-bond donors (Lipinski definition) is 1. The van der Waals surface area contributed by atoms with Gasteiger partial charge < -0.3 is 9.84 Å². The number of benzene rings is 1. The molecule has 1 N–H and O–H groups in total. The fourth-order valence-corrected chi connectivity index (χ4v) is 3.98. The zero-order chi connectivity index (χ0) is 17.7. The number of thiophene rings is 1. The molecule has 0 aliphatic heterocycles. The van der Waals surface area contributed by atoms with Crippen molar-refractivity contribution in [3.05, 3.63) is 64.4 Å². The van der Waals surface area contributed by atoms with Crippen LogP contribution >= 0.6 is 11.3 Å². The maximum atomic E-state index is 12.2. The van der Waals surface area contributed by atoms with Crippen LogP contribution in [0.15, 0.2) is 57.3 Å². The molecule has 3 aromatic rings. The second-order valence-electron chi connectivity index (χ2n) is 5.16. The van der Waals surface area contributed by atoms with E-state index in [1.54, 1.807) is 18.2 Å². The molecule has 0 saturated heterocycles. The number of amides is 1. The van der Waals surface area contributed by atoms with Gasteiger partial charge in [0.05, 0.1) is 17.2 Å². The monoisotopic (exact) mass is 377 g/mol. The molecule has 2 aromatic heterocycles. The maximum Gasteiger partial charge on any atom is 0.315 e. The summed E-state index contributed by atoms with van der Waals surface area (Å²) in [5, 5.41) is 8.26. The molecule has 0 bridgehead atoms. The van der Waals surface area contributed by atoms with E-state index in [1.807, 2.05) is 17.5 Å². The summed E-state index contributed by atoms with van der Waals surface area (Å²) in [5.74, 6) is -0.644. The molecule has 25 heavy (non-hydrogen) atoms. The van der Waals surface area contributed by atoms with E-state index in [0.717, 1.165) is 4.88 Å². The van der Waals surface area contributed by atoms with E-state index in [2.05, 4.69) is 15.5 Å². The van der Waals surface area contributed by atoms with E-state index in [9.17, 15) is 13.2 Å². The Hall–Kier alpha value is -2.52. The van der Waals surface area contributed by atoms with Crippen LogP contribution in [0.25, 0.3) is 0 Å². The number of carbonyl (C=O) groups is 1. The molecular weight excluding hydrogens is 362 g/mol. The highest BCUT2D eigenvalue weighted by Crippen LogP contribution is 2.12. The molecule has 0 fully saturated rings. The average molecular weight is 377 g/mol. The van der Waals surface area contributed by atoms with Crippen molar-refractivity contribution in [2.75, 3.05) is 5.75 Å². The Morgan fingerprint density at radius 1 is 1.16 bits per heavy atom. The van der Waals surface area contributed by atoms with Crippen molar-refractivity contribution in [3.8, 4) is 0 Å². The zero-order valence-electron chi connectivity index (χ0n) is 13.1. The van der Waals surface area contributed by atoms with Gasteiger partial charge in [0.15, 0.2) is 15.7 Å². The Kier molecular flexibility index (Phi) is 5.25. The first kappa shape index (κ1) is 17.3. The molecule has 130 valence electrons. The van der Waals surface area contributed by atoms with Crippen molar-refractivity contribution in [2.45, 2.75) is 17.9 Å². The van der Waals surface area contributed by atoms with Gasteiger partial charge in [0, 0.05) is 11.3 Å². The second-order valence-corrected chi connectivity index (χ2v) is 8.30. The highest BCUT2D eigenvalue weighted by Gasteiger charge is 2.18. The first-order valence-corrected chi connectivity index (χ1v) is 9.99. The summed E-state index contributed by atoms with van der Waals surface area (Å²) in [6, 6.07) is 11.9. The Bertz CT molecular complexity index is 935. The molecule has 0 atom stereocenters. The van der Waals surface area contributed by atoms with Gasteiger partial charge in [-0.2, -0.15) is 4.98 Å². The largest absolute Gasteiger partial charge is 0.343 e. The van der Waals surface area contributed by atoms with E-state index in [4.69, 9.17) is 4.52 Å². The number of aromatic nitrogens is 2. The van der Waals surface area contributed by atoms with Gasteiger partial charge >= 0.3 is 11.8 Å². The Balaban J connectivity index is 1.57. The van der Waals surface area contributed by atoms with Crippen LogP contribution in [0, 0.1) is 0 Å². The van der Waals surface area contributed by atoms with Crippen molar-refractivity contribution < 1.29 is 17.7 Å². The van der Waals surface area contributed by atoms with Crippen LogP contribution in [-0.2, 0) is 22.8 Å². The lowest BCUT2D eigenvalue weighted by Gasteiger charge is -2.01. The standard InChI is InChI=1S/C16H15N3O4S2/c20-15(17-11-12-5-4-9-24-12)16-18-14(19-23-16)8-10-25(21,22)13-6-2-1-3-7-13/h1-7,9H,8,10-11H2,(H,17,20). The molecule has 0 aliphatic rings. The third-order valence-electron chi connectivity index (χ3n) is 3.36. The summed E-state index contributed by atoms with van der Waals surface area (Å²) in [5.41, 5.74) is 0. The molecule has 0 saturated carbocycles. The Morgan fingerprint density at radius 3 is 2.68 bits per heavy atom. The number of nitrogens with one attached hydrogen (secondary N) is 1. The quantitative estimate of drug-likeness (QED) is 0.676.